The molecule has 0 aliphatic carbocycles. The zero-order valence-corrected chi connectivity index (χ0v) is 10.0. The highest BCUT2D eigenvalue weighted by Crippen LogP contribution is 2.06. The molecule has 0 saturated heterocycles. The van der Waals surface area contributed by atoms with Crippen molar-refractivity contribution in [1.82, 2.24) is 0 Å². The monoisotopic (exact) mass is 220 g/mol. The van der Waals surface area contributed by atoms with Crippen molar-refractivity contribution in [1.29, 1.82) is 0 Å². The number of allylic oxidation sites excluding steroid dienone is 2. The van der Waals surface area contributed by atoms with Crippen molar-refractivity contribution < 1.29 is 0 Å². The van der Waals surface area contributed by atoms with Crippen molar-refractivity contribution in [3.8, 4) is 0 Å². The van der Waals surface area contributed by atoms with E-state index in [1.807, 2.05) is 18.2 Å². The molecule has 0 saturated carbocycles. The minimum Gasteiger partial charge on any atom is -0.0622 e. The Balaban J connectivity index is 2.01. The van der Waals surface area contributed by atoms with Gasteiger partial charge < -0.3 is 0 Å². The number of hydrogen-bond acceptors (Lipinski definition) is 0. The number of rotatable bonds is 3. The third-order valence-electron chi connectivity index (χ3n) is 2.53. The van der Waals surface area contributed by atoms with Crippen LogP contribution in [0.3, 0.4) is 0 Å². The molecule has 0 amide bonds. The molecule has 0 fully saturated rings. The molecule has 0 unspecified atom stereocenters. The summed E-state index contributed by atoms with van der Waals surface area (Å²) in [6.07, 6.45) is 8.36. The number of benzene rings is 2. The Kier molecular flexibility index (Phi) is 3.93. The Labute approximate surface area is 103 Å². The summed E-state index contributed by atoms with van der Waals surface area (Å²) in [5.41, 5.74) is 3.75. The van der Waals surface area contributed by atoms with E-state index in [0.29, 0.717) is 0 Å². The van der Waals surface area contributed by atoms with Crippen molar-refractivity contribution in [3.63, 3.8) is 0 Å². The van der Waals surface area contributed by atoms with E-state index in [4.69, 9.17) is 0 Å². The summed E-state index contributed by atoms with van der Waals surface area (Å²) in [6, 6.07) is 18.8. The second-order valence-corrected chi connectivity index (χ2v) is 4.04. The Morgan fingerprint density at radius 1 is 0.706 bits per heavy atom. The molecule has 2 aromatic carbocycles. The molecular formula is C17H16. The highest BCUT2D eigenvalue weighted by atomic mass is 13.9. The highest BCUT2D eigenvalue weighted by molar-refractivity contribution is 5.57. The molecule has 0 spiro atoms. The summed E-state index contributed by atoms with van der Waals surface area (Å²) in [4.78, 5) is 0. The first-order valence-electron chi connectivity index (χ1n) is 5.81. The zero-order valence-electron chi connectivity index (χ0n) is 10.0. The number of aryl methyl sites for hydroxylation is 1. The predicted molar refractivity (Wildman–Crippen MR) is 75.7 cm³/mol. The summed E-state index contributed by atoms with van der Waals surface area (Å²) >= 11 is 0. The Morgan fingerprint density at radius 2 is 1.35 bits per heavy atom. The zero-order chi connectivity index (χ0) is 11.9. The van der Waals surface area contributed by atoms with Crippen LogP contribution in [0.2, 0.25) is 0 Å². The second-order valence-electron chi connectivity index (χ2n) is 4.04. The first-order valence-corrected chi connectivity index (χ1v) is 5.81. The molecule has 84 valence electrons. The molecule has 0 N–H and O–H groups in total. The maximum atomic E-state index is 2.17. The van der Waals surface area contributed by atoms with Crippen molar-refractivity contribution in [3.05, 3.63) is 83.4 Å². The van der Waals surface area contributed by atoms with Crippen molar-refractivity contribution >= 4 is 12.2 Å². The standard InChI is InChI=1S/C17H16/c1-15-8-7-13-17(14-15)12-6-5-11-16-9-3-2-4-10-16/h2-14H,1H3/b11-5+,12-6+. The molecule has 2 rings (SSSR count). The van der Waals surface area contributed by atoms with Gasteiger partial charge in [0.05, 0.1) is 0 Å². The van der Waals surface area contributed by atoms with Gasteiger partial charge in [0.2, 0.25) is 0 Å². The van der Waals surface area contributed by atoms with E-state index in [2.05, 4.69) is 67.6 Å². The van der Waals surface area contributed by atoms with Gasteiger partial charge in [0.1, 0.15) is 0 Å². The van der Waals surface area contributed by atoms with E-state index in [1.165, 1.54) is 16.7 Å². The van der Waals surface area contributed by atoms with E-state index < -0.39 is 0 Å². The van der Waals surface area contributed by atoms with Gasteiger partial charge in [0.15, 0.2) is 0 Å². The molecule has 0 bridgehead atoms. The molecule has 0 heteroatoms. The van der Waals surface area contributed by atoms with E-state index >= 15 is 0 Å². The van der Waals surface area contributed by atoms with Crippen LogP contribution in [0.5, 0.6) is 0 Å². The van der Waals surface area contributed by atoms with Crippen molar-refractivity contribution in [2.24, 2.45) is 0 Å². The van der Waals surface area contributed by atoms with Gasteiger partial charge >= 0.3 is 0 Å². The lowest BCUT2D eigenvalue weighted by atomic mass is 10.1. The summed E-state index contributed by atoms with van der Waals surface area (Å²) in [7, 11) is 0. The van der Waals surface area contributed by atoms with Crippen LogP contribution in [0.1, 0.15) is 16.7 Å². The van der Waals surface area contributed by atoms with Crippen LogP contribution in [-0.4, -0.2) is 0 Å². The molecule has 2 aromatic rings. The van der Waals surface area contributed by atoms with Crippen LogP contribution in [0.4, 0.5) is 0 Å². The Hall–Kier alpha value is -2.08. The maximum Gasteiger partial charge on any atom is -0.0254 e. The fourth-order valence-electron chi connectivity index (χ4n) is 1.67. The lowest BCUT2D eigenvalue weighted by molar-refractivity contribution is 1.46. The average molecular weight is 220 g/mol. The largest absolute Gasteiger partial charge is 0.0622 e. The highest BCUT2D eigenvalue weighted by Gasteiger charge is 1.85. The smallest absolute Gasteiger partial charge is 0.0254 e. The Bertz CT molecular complexity index is 519. The summed E-state index contributed by atoms with van der Waals surface area (Å²) in [5, 5.41) is 0. The molecule has 0 heterocycles. The topological polar surface area (TPSA) is 0 Å². The van der Waals surface area contributed by atoms with Crippen LogP contribution in [0.25, 0.3) is 12.2 Å². The summed E-state index contributed by atoms with van der Waals surface area (Å²) in [5.74, 6) is 0. The van der Waals surface area contributed by atoms with Crippen LogP contribution in [-0.2, 0) is 0 Å². The molecule has 0 nitrogen and oxygen atoms in total. The van der Waals surface area contributed by atoms with E-state index in [0.717, 1.165) is 0 Å². The van der Waals surface area contributed by atoms with E-state index in [1.54, 1.807) is 0 Å². The van der Waals surface area contributed by atoms with Gasteiger partial charge in [0, 0.05) is 0 Å². The fraction of sp³-hybridized carbons (Fsp3) is 0.0588. The van der Waals surface area contributed by atoms with Crippen LogP contribution >= 0.6 is 0 Å². The lowest BCUT2D eigenvalue weighted by Crippen LogP contribution is -1.73. The van der Waals surface area contributed by atoms with Gasteiger partial charge in [-0.25, -0.2) is 0 Å². The molecule has 0 aliphatic rings. The van der Waals surface area contributed by atoms with Crippen LogP contribution < -0.4 is 0 Å². The van der Waals surface area contributed by atoms with Crippen molar-refractivity contribution in [2.75, 3.05) is 0 Å². The SMILES string of the molecule is Cc1cccc(/C=C/C=C/c2ccccc2)c1. The normalized spacial score (nSPS) is 11.4. The first-order chi connectivity index (χ1) is 8.34. The van der Waals surface area contributed by atoms with Crippen LogP contribution in [0, 0.1) is 6.92 Å². The van der Waals surface area contributed by atoms with Gasteiger partial charge in [-0.1, -0.05) is 84.5 Å². The van der Waals surface area contributed by atoms with Gasteiger partial charge in [-0.2, -0.15) is 0 Å². The first kappa shape index (κ1) is 11.4. The van der Waals surface area contributed by atoms with Gasteiger partial charge in [0.25, 0.3) is 0 Å². The van der Waals surface area contributed by atoms with Gasteiger partial charge in [-0.05, 0) is 18.1 Å². The molecular weight excluding hydrogens is 204 g/mol. The maximum absolute atomic E-state index is 2.17. The quantitative estimate of drug-likeness (QED) is 0.656. The summed E-state index contributed by atoms with van der Waals surface area (Å²) < 4.78 is 0. The second kappa shape index (κ2) is 5.86. The van der Waals surface area contributed by atoms with Crippen LogP contribution in [0.15, 0.2) is 66.7 Å². The third kappa shape index (κ3) is 3.76. The molecule has 0 aliphatic heterocycles. The van der Waals surface area contributed by atoms with Gasteiger partial charge in [-0.15, -0.1) is 0 Å². The third-order valence-corrected chi connectivity index (χ3v) is 2.53. The average Bonchev–Trinajstić information content (AvgIpc) is 2.36. The molecule has 0 atom stereocenters. The lowest BCUT2D eigenvalue weighted by Gasteiger charge is -1.94. The molecule has 0 aromatic heterocycles. The Morgan fingerprint density at radius 3 is 2.06 bits per heavy atom. The van der Waals surface area contributed by atoms with Gasteiger partial charge in [-0.3, -0.25) is 0 Å². The summed E-state index contributed by atoms with van der Waals surface area (Å²) in [6.45, 7) is 2.11. The number of hydrogen-bond donors (Lipinski definition) is 0. The molecule has 17 heavy (non-hydrogen) atoms. The molecule has 0 radical (unpaired) electrons. The minimum atomic E-state index is 1.22. The van der Waals surface area contributed by atoms with E-state index in [9.17, 15) is 0 Å². The minimum absolute atomic E-state index is 1.22. The van der Waals surface area contributed by atoms with Crippen molar-refractivity contribution in [2.45, 2.75) is 6.92 Å². The predicted octanol–water partition coefficient (Wildman–Crippen LogP) is 4.72. The van der Waals surface area contributed by atoms with E-state index in [-0.39, 0.29) is 0 Å². The fourth-order valence-corrected chi connectivity index (χ4v) is 1.67.